The van der Waals surface area contributed by atoms with E-state index in [1.165, 1.54) is 18.3 Å². The predicted octanol–water partition coefficient (Wildman–Crippen LogP) is 3.86. The first-order valence-corrected chi connectivity index (χ1v) is 6.16. The molecule has 0 amide bonds. The summed E-state index contributed by atoms with van der Waals surface area (Å²) >= 11 is 12.6. The van der Waals surface area contributed by atoms with Crippen LogP contribution < -0.4 is 4.74 Å². The lowest BCUT2D eigenvalue weighted by atomic mass is 10.2. The summed E-state index contributed by atoms with van der Waals surface area (Å²) in [5.74, 6) is -0.0254. The molecule has 1 aromatic heterocycles. The van der Waals surface area contributed by atoms with Crippen LogP contribution >= 0.6 is 34.5 Å². The molecule has 0 aliphatic rings. The van der Waals surface area contributed by atoms with Crippen molar-refractivity contribution >= 4 is 55.8 Å². The Bertz CT molecular complexity index is 618. The van der Waals surface area contributed by atoms with Gasteiger partial charge in [0.1, 0.15) is 10.6 Å². The molecule has 0 N–H and O–H groups in total. The molecule has 0 aliphatic heterocycles. The maximum absolute atomic E-state index is 11.1. The highest BCUT2D eigenvalue weighted by atomic mass is 35.5. The van der Waals surface area contributed by atoms with Gasteiger partial charge in [-0.1, -0.05) is 11.6 Å². The molecule has 3 nitrogen and oxygen atoms in total. The monoisotopic (exact) mass is 288 g/mol. The molecule has 0 spiro atoms. The molecule has 0 aliphatic carbocycles. The Hall–Kier alpha value is -1.10. The predicted molar refractivity (Wildman–Crippen MR) is 68.3 cm³/mol. The SMILES string of the molecule is CC(=O)Oc1ccc2sc(C(=O)Cl)c(Cl)c2c1. The second-order valence-electron chi connectivity index (χ2n) is 3.27. The van der Waals surface area contributed by atoms with Crippen molar-refractivity contribution in [3.8, 4) is 5.75 Å². The molecule has 0 fully saturated rings. The van der Waals surface area contributed by atoms with E-state index in [4.69, 9.17) is 27.9 Å². The molecular formula is C11H6Cl2O3S. The van der Waals surface area contributed by atoms with Crippen LogP contribution in [0.25, 0.3) is 10.1 Å². The zero-order valence-corrected chi connectivity index (χ0v) is 10.9. The molecule has 1 aromatic carbocycles. The number of fused-ring (bicyclic) bond motifs is 1. The molecule has 1 heterocycles. The fourth-order valence-electron chi connectivity index (χ4n) is 1.40. The van der Waals surface area contributed by atoms with E-state index in [9.17, 15) is 9.59 Å². The first kappa shape index (κ1) is 12.4. The Morgan fingerprint density at radius 3 is 2.65 bits per heavy atom. The van der Waals surface area contributed by atoms with Crippen molar-refractivity contribution in [2.75, 3.05) is 0 Å². The standard InChI is InChI=1S/C11H6Cl2O3S/c1-5(14)16-6-2-3-8-7(4-6)9(12)10(17-8)11(13)15/h2-4H,1H3. The summed E-state index contributed by atoms with van der Waals surface area (Å²) in [6.07, 6.45) is 0. The van der Waals surface area contributed by atoms with Crippen molar-refractivity contribution in [1.82, 2.24) is 0 Å². The molecule has 0 saturated heterocycles. The molecule has 0 bridgehead atoms. The van der Waals surface area contributed by atoms with E-state index in [1.54, 1.807) is 18.2 Å². The van der Waals surface area contributed by atoms with Crippen LogP contribution in [0.4, 0.5) is 0 Å². The van der Waals surface area contributed by atoms with Gasteiger partial charge in [0.05, 0.1) is 5.02 Å². The van der Waals surface area contributed by atoms with Crippen molar-refractivity contribution in [1.29, 1.82) is 0 Å². The van der Waals surface area contributed by atoms with Crippen LogP contribution in [0.3, 0.4) is 0 Å². The summed E-state index contributed by atoms with van der Waals surface area (Å²) in [5.41, 5.74) is 0. The van der Waals surface area contributed by atoms with Crippen molar-refractivity contribution in [2.24, 2.45) is 0 Å². The third-order valence-electron chi connectivity index (χ3n) is 2.04. The molecule has 0 radical (unpaired) electrons. The number of hydrogen-bond donors (Lipinski definition) is 0. The van der Waals surface area contributed by atoms with Crippen molar-refractivity contribution in [3.63, 3.8) is 0 Å². The second-order valence-corrected chi connectivity index (χ2v) is 5.04. The Labute approximate surface area is 111 Å². The fourth-order valence-corrected chi connectivity index (χ4v) is 2.98. The van der Waals surface area contributed by atoms with E-state index in [0.29, 0.717) is 21.0 Å². The first-order chi connectivity index (χ1) is 7.99. The number of thiophene rings is 1. The lowest BCUT2D eigenvalue weighted by Gasteiger charge is -2.00. The van der Waals surface area contributed by atoms with Gasteiger partial charge in [0.25, 0.3) is 5.24 Å². The molecule has 2 rings (SSSR count). The van der Waals surface area contributed by atoms with E-state index in [0.717, 1.165) is 4.70 Å². The Kier molecular flexibility index (Phi) is 3.38. The maximum atomic E-state index is 11.1. The largest absolute Gasteiger partial charge is 0.427 e. The summed E-state index contributed by atoms with van der Waals surface area (Å²) < 4.78 is 5.75. The van der Waals surface area contributed by atoms with Gasteiger partial charge < -0.3 is 4.74 Å². The third-order valence-corrected chi connectivity index (χ3v) is 4.01. The van der Waals surface area contributed by atoms with Crippen molar-refractivity contribution in [3.05, 3.63) is 28.1 Å². The Morgan fingerprint density at radius 1 is 1.35 bits per heavy atom. The van der Waals surface area contributed by atoms with Crippen LogP contribution in [0, 0.1) is 0 Å². The first-order valence-electron chi connectivity index (χ1n) is 4.59. The van der Waals surface area contributed by atoms with Crippen molar-refractivity contribution in [2.45, 2.75) is 6.92 Å². The summed E-state index contributed by atoms with van der Waals surface area (Å²) in [6.45, 7) is 1.31. The Balaban J connectivity index is 2.57. The van der Waals surface area contributed by atoms with Gasteiger partial charge in [-0.3, -0.25) is 9.59 Å². The highest BCUT2D eigenvalue weighted by Crippen LogP contribution is 2.38. The minimum absolute atomic E-state index is 0.291. The van der Waals surface area contributed by atoms with Crippen LogP contribution in [-0.2, 0) is 4.79 Å². The Morgan fingerprint density at radius 2 is 2.06 bits per heavy atom. The van der Waals surface area contributed by atoms with E-state index >= 15 is 0 Å². The number of benzene rings is 1. The van der Waals surface area contributed by atoms with E-state index in [1.807, 2.05) is 0 Å². The average Bonchev–Trinajstić information content (AvgIpc) is 2.56. The minimum atomic E-state index is -0.592. The molecule has 0 atom stereocenters. The highest BCUT2D eigenvalue weighted by molar-refractivity contribution is 7.23. The number of ether oxygens (including phenoxy) is 1. The lowest BCUT2D eigenvalue weighted by molar-refractivity contribution is -0.131. The normalized spacial score (nSPS) is 10.5. The topological polar surface area (TPSA) is 43.4 Å². The van der Waals surface area contributed by atoms with E-state index in [-0.39, 0.29) is 0 Å². The van der Waals surface area contributed by atoms with Gasteiger partial charge in [-0.05, 0) is 29.8 Å². The molecule has 2 aromatic rings. The number of carbonyl (C=O) groups is 2. The van der Waals surface area contributed by atoms with Gasteiger partial charge in [-0.2, -0.15) is 0 Å². The fraction of sp³-hybridized carbons (Fsp3) is 0.0909. The third kappa shape index (κ3) is 2.44. The molecule has 17 heavy (non-hydrogen) atoms. The quantitative estimate of drug-likeness (QED) is 0.479. The number of rotatable bonds is 2. The van der Waals surface area contributed by atoms with Crippen LogP contribution in [0.5, 0.6) is 5.75 Å². The van der Waals surface area contributed by atoms with Crippen LogP contribution in [0.2, 0.25) is 5.02 Å². The number of esters is 1. The zero-order chi connectivity index (χ0) is 12.6. The van der Waals surface area contributed by atoms with Gasteiger partial charge in [0, 0.05) is 17.0 Å². The number of carbonyl (C=O) groups excluding carboxylic acids is 2. The summed E-state index contributed by atoms with van der Waals surface area (Å²) in [7, 11) is 0. The molecule has 0 saturated carbocycles. The highest BCUT2D eigenvalue weighted by Gasteiger charge is 2.16. The summed E-state index contributed by atoms with van der Waals surface area (Å²) in [5, 5.41) is 0.351. The van der Waals surface area contributed by atoms with Gasteiger partial charge >= 0.3 is 5.97 Å². The van der Waals surface area contributed by atoms with Crippen LogP contribution in [0.15, 0.2) is 18.2 Å². The van der Waals surface area contributed by atoms with Gasteiger partial charge in [-0.15, -0.1) is 11.3 Å². The number of halogens is 2. The van der Waals surface area contributed by atoms with Gasteiger partial charge in [0.15, 0.2) is 0 Å². The van der Waals surface area contributed by atoms with Crippen molar-refractivity contribution < 1.29 is 14.3 Å². The van der Waals surface area contributed by atoms with Crippen LogP contribution in [0.1, 0.15) is 16.6 Å². The zero-order valence-electron chi connectivity index (χ0n) is 8.62. The molecular weight excluding hydrogens is 283 g/mol. The lowest BCUT2D eigenvalue weighted by Crippen LogP contribution is -2.00. The summed E-state index contributed by atoms with van der Waals surface area (Å²) in [4.78, 5) is 22.2. The summed E-state index contributed by atoms with van der Waals surface area (Å²) in [6, 6.07) is 4.98. The molecule has 6 heteroatoms. The van der Waals surface area contributed by atoms with E-state index in [2.05, 4.69) is 0 Å². The van der Waals surface area contributed by atoms with E-state index < -0.39 is 11.2 Å². The molecule has 88 valence electrons. The maximum Gasteiger partial charge on any atom is 0.308 e. The molecule has 0 unspecified atom stereocenters. The number of hydrogen-bond acceptors (Lipinski definition) is 4. The smallest absolute Gasteiger partial charge is 0.308 e. The van der Waals surface area contributed by atoms with Crippen LogP contribution in [-0.4, -0.2) is 11.2 Å². The average molecular weight is 289 g/mol. The second kappa shape index (κ2) is 4.64. The van der Waals surface area contributed by atoms with Gasteiger partial charge in [-0.25, -0.2) is 0 Å². The van der Waals surface area contributed by atoms with Gasteiger partial charge in [0.2, 0.25) is 0 Å². The minimum Gasteiger partial charge on any atom is -0.427 e.